The Bertz CT molecular complexity index is 343. The number of alkyl halides is 1. The Balaban J connectivity index is 3.04. The number of halogens is 2. The first-order valence-corrected chi connectivity index (χ1v) is 4.26. The molecule has 0 aliphatic rings. The molecule has 1 aromatic carbocycles. The maximum atomic E-state index is 13.5. The summed E-state index contributed by atoms with van der Waals surface area (Å²) in [6, 6.07) is 4.49. The molecule has 14 heavy (non-hydrogen) atoms. The van der Waals surface area contributed by atoms with Gasteiger partial charge in [-0.3, -0.25) is 0 Å². The lowest BCUT2D eigenvalue weighted by molar-refractivity contribution is 0.193. The molecule has 0 N–H and O–H groups in total. The fraction of sp³-hybridized carbons (Fsp3) is 0.364. The van der Waals surface area contributed by atoms with Crippen LogP contribution in [0.25, 0.3) is 4.85 Å². The van der Waals surface area contributed by atoms with E-state index in [1.807, 2.05) is 0 Å². The van der Waals surface area contributed by atoms with Gasteiger partial charge >= 0.3 is 0 Å². The highest BCUT2D eigenvalue weighted by molar-refractivity contribution is 5.25. The van der Waals surface area contributed by atoms with Crippen LogP contribution in [0.3, 0.4) is 0 Å². The first-order valence-electron chi connectivity index (χ1n) is 4.26. The monoisotopic (exact) mass is 195 g/mol. The number of nitrogens with zero attached hydrogens (tertiary/aromatic N) is 1. The van der Waals surface area contributed by atoms with Crippen LogP contribution in [0.4, 0.5) is 8.78 Å². The third-order valence-electron chi connectivity index (χ3n) is 1.97. The van der Waals surface area contributed by atoms with E-state index < -0.39 is 11.7 Å². The molecule has 3 heteroatoms. The molecular weight excluding hydrogens is 184 g/mol. The Morgan fingerprint density at radius 1 is 1.29 bits per heavy atom. The molecule has 0 aliphatic heterocycles. The molecule has 0 saturated heterocycles. The summed E-state index contributed by atoms with van der Waals surface area (Å²) in [4.78, 5) is 3.21. The molecule has 0 aliphatic carbocycles. The molecule has 74 valence electrons. The molecule has 0 spiro atoms. The van der Waals surface area contributed by atoms with Crippen molar-refractivity contribution in [3.8, 4) is 0 Å². The average Bonchev–Trinajstić information content (AvgIpc) is 2.07. The SMILES string of the molecule is [C-]#[N+]C(c1ccc(F)cc1)C(C)(C)F. The second-order valence-electron chi connectivity index (χ2n) is 3.65. The lowest BCUT2D eigenvalue weighted by Gasteiger charge is -2.16. The van der Waals surface area contributed by atoms with Crippen molar-refractivity contribution in [3.05, 3.63) is 47.1 Å². The number of hydrogen-bond donors (Lipinski definition) is 0. The van der Waals surface area contributed by atoms with Crippen LogP contribution in [0.5, 0.6) is 0 Å². The lowest BCUT2D eigenvalue weighted by Crippen LogP contribution is -2.21. The Kier molecular flexibility index (Phi) is 2.85. The lowest BCUT2D eigenvalue weighted by atomic mass is 9.94. The highest BCUT2D eigenvalue weighted by atomic mass is 19.1. The van der Waals surface area contributed by atoms with Gasteiger partial charge in [-0.25, -0.2) is 15.4 Å². The molecule has 1 atom stereocenters. The van der Waals surface area contributed by atoms with Crippen molar-refractivity contribution in [1.82, 2.24) is 0 Å². The largest absolute Gasteiger partial charge is 0.305 e. The van der Waals surface area contributed by atoms with Gasteiger partial charge in [-0.15, -0.1) is 0 Å². The summed E-state index contributed by atoms with van der Waals surface area (Å²) in [5.41, 5.74) is -1.10. The minimum atomic E-state index is -1.61. The summed E-state index contributed by atoms with van der Waals surface area (Å²) >= 11 is 0. The van der Waals surface area contributed by atoms with Crippen LogP contribution in [-0.2, 0) is 0 Å². The molecule has 0 radical (unpaired) electrons. The van der Waals surface area contributed by atoms with Gasteiger partial charge in [-0.2, -0.15) is 0 Å². The molecule has 1 unspecified atom stereocenters. The summed E-state index contributed by atoms with van der Waals surface area (Å²) in [5.74, 6) is -0.380. The van der Waals surface area contributed by atoms with Gasteiger partial charge in [0, 0.05) is 5.56 Å². The zero-order valence-electron chi connectivity index (χ0n) is 8.09. The fourth-order valence-corrected chi connectivity index (χ4v) is 1.27. The van der Waals surface area contributed by atoms with Gasteiger partial charge in [0.1, 0.15) is 5.82 Å². The summed E-state index contributed by atoms with van der Waals surface area (Å²) in [6.07, 6.45) is 0. The molecule has 0 aromatic heterocycles. The van der Waals surface area contributed by atoms with E-state index in [0.717, 1.165) is 0 Å². The summed E-state index contributed by atoms with van der Waals surface area (Å²) in [6.45, 7) is 9.59. The van der Waals surface area contributed by atoms with Crippen LogP contribution >= 0.6 is 0 Å². The maximum absolute atomic E-state index is 13.5. The van der Waals surface area contributed by atoms with E-state index in [-0.39, 0.29) is 5.82 Å². The van der Waals surface area contributed by atoms with Crippen LogP contribution < -0.4 is 0 Å². The van der Waals surface area contributed by atoms with E-state index in [4.69, 9.17) is 6.57 Å². The van der Waals surface area contributed by atoms with Crippen LogP contribution in [0.2, 0.25) is 0 Å². The standard InChI is InChI=1S/C11H11F2N/c1-11(2,13)10(14-3)8-4-6-9(12)7-5-8/h4-7,10H,1-2H3. The second kappa shape index (κ2) is 3.75. The molecule has 1 aromatic rings. The van der Waals surface area contributed by atoms with Gasteiger partial charge in [0.15, 0.2) is 5.67 Å². The third-order valence-corrected chi connectivity index (χ3v) is 1.97. The average molecular weight is 195 g/mol. The maximum Gasteiger partial charge on any atom is 0.281 e. The van der Waals surface area contributed by atoms with Crippen LogP contribution in [-0.4, -0.2) is 5.67 Å². The van der Waals surface area contributed by atoms with Crippen LogP contribution in [0.15, 0.2) is 24.3 Å². The van der Waals surface area contributed by atoms with Gasteiger partial charge in [0.2, 0.25) is 0 Å². The topological polar surface area (TPSA) is 4.36 Å². The molecule has 0 bridgehead atoms. The second-order valence-corrected chi connectivity index (χ2v) is 3.65. The quantitative estimate of drug-likeness (QED) is 0.636. The first-order chi connectivity index (χ1) is 6.45. The molecular formula is C11H11F2N. The van der Waals surface area contributed by atoms with Gasteiger partial charge in [0.05, 0.1) is 0 Å². The third kappa shape index (κ3) is 2.29. The predicted octanol–water partition coefficient (Wildman–Crippen LogP) is 3.53. The van der Waals surface area contributed by atoms with Gasteiger partial charge in [-0.1, -0.05) is 0 Å². The predicted molar refractivity (Wildman–Crippen MR) is 50.9 cm³/mol. The molecule has 0 saturated carbocycles. The normalized spacial score (nSPS) is 13.4. The van der Waals surface area contributed by atoms with Crippen molar-refractivity contribution in [2.24, 2.45) is 0 Å². The van der Waals surface area contributed by atoms with E-state index in [9.17, 15) is 8.78 Å². The Hall–Kier alpha value is -1.43. The van der Waals surface area contributed by atoms with E-state index in [2.05, 4.69) is 4.85 Å². The van der Waals surface area contributed by atoms with Crippen molar-refractivity contribution < 1.29 is 8.78 Å². The van der Waals surface area contributed by atoms with Crippen molar-refractivity contribution in [1.29, 1.82) is 0 Å². The minimum absolute atomic E-state index is 0.380. The smallest absolute Gasteiger partial charge is 0.281 e. The molecule has 0 fully saturated rings. The zero-order valence-corrected chi connectivity index (χ0v) is 8.09. The van der Waals surface area contributed by atoms with E-state index >= 15 is 0 Å². The summed E-state index contributed by atoms with van der Waals surface area (Å²) in [7, 11) is 0. The molecule has 0 amide bonds. The highest BCUT2D eigenvalue weighted by Gasteiger charge is 2.36. The van der Waals surface area contributed by atoms with E-state index in [0.29, 0.717) is 5.56 Å². The fourth-order valence-electron chi connectivity index (χ4n) is 1.27. The van der Waals surface area contributed by atoms with Crippen LogP contribution in [0.1, 0.15) is 25.5 Å². The highest BCUT2D eigenvalue weighted by Crippen LogP contribution is 2.32. The van der Waals surface area contributed by atoms with Gasteiger partial charge in [0.25, 0.3) is 6.04 Å². The van der Waals surface area contributed by atoms with Gasteiger partial charge in [-0.05, 0) is 38.1 Å². The molecule has 1 nitrogen and oxygen atoms in total. The number of hydrogen-bond acceptors (Lipinski definition) is 0. The van der Waals surface area contributed by atoms with E-state index in [1.54, 1.807) is 0 Å². The van der Waals surface area contributed by atoms with Crippen molar-refractivity contribution in [2.75, 3.05) is 0 Å². The summed E-state index contributed by atoms with van der Waals surface area (Å²) < 4.78 is 26.1. The minimum Gasteiger partial charge on any atom is -0.305 e. The van der Waals surface area contributed by atoms with Crippen molar-refractivity contribution in [3.63, 3.8) is 0 Å². The Morgan fingerprint density at radius 2 is 1.79 bits per heavy atom. The summed E-state index contributed by atoms with van der Waals surface area (Å²) in [5, 5.41) is 0. The first kappa shape index (κ1) is 10.6. The van der Waals surface area contributed by atoms with E-state index in [1.165, 1.54) is 38.1 Å². The van der Waals surface area contributed by atoms with Gasteiger partial charge < -0.3 is 4.85 Å². The Morgan fingerprint density at radius 3 is 2.14 bits per heavy atom. The van der Waals surface area contributed by atoms with Crippen LogP contribution in [0, 0.1) is 12.4 Å². The molecule has 1 rings (SSSR count). The zero-order chi connectivity index (χ0) is 10.8. The number of rotatable bonds is 2. The van der Waals surface area contributed by atoms with Crippen molar-refractivity contribution in [2.45, 2.75) is 25.6 Å². The molecule has 0 heterocycles. The number of benzene rings is 1. The van der Waals surface area contributed by atoms with Crippen molar-refractivity contribution >= 4 is 0 Å². The Labute approximate surface area is 82.2 Å².